The van der Waals surface area contributed by atoms with E-state index < -0.39 is 0 Å². The number of carbonyl (C=O) groups is 1. The molecule has 17 heavy (non-hydrogen) atoms. The van der Waals surface area contributed by atoms with Crippen LogP contribution in [0.4, 0.5) is 0 Å². The van der Waals surface area contributed by atoms with Crippen molar-refractivity contribution in [2.45, 2.75) is 25.3 Å². The van der Waals surface area contributed by atoms with E-state index in [1.54, 1.807) is 19.0 Å². The van der Waals surface area contributed by atoms with Crippen LogP contribution in [0.1, 0.15) is 29.3 Å². The highest BCUT2D eigenvalue weighted by Crippen LogP contribution is 2.37. The predicted molar refractivity (Wildman–Crippen MR) is 74.4 cm³/mol. The maximum atomic E-state index is 11.6. The number of nitrogens with one attached hydrogen (secondary N) is 1. The van der Waals surface area contributed by atoms with Crippen molar-refractivity contribution in [2.75, 3.05) is 20.6 Å². The summed E-state index contributed by atoms with van der Waals surface area (Å²) in [4.78, 5) is 14.6. The average Bonchev–Trinajstić information content (AvgIpc) is 2.66. The van der Waals surface area contributed by atoms with Crippen LogP contribution in [0.25, 0.3) is 0 Å². The first-order valence-electron chi connectivity index (χ1n) is 5.79. The summed E-state index contributed by atoms with van der Waals surface area (Å²) in [5.74, 6) is 0.131. The predicted octanol–water partition coefficient (Wildman–Crippen LogP) is 2.57. The quantitative estimate of drug-likeness (QED) is 0.929. The molecule has 94 valence electrons. The van der Waals surface area contributed by atoms with Crippen LogP contribution in [0, 0.1) is 0 Å². The van der Waals surface area contributed by atoms with Gasteiger partial charge in [0.15, 0.2) is 0 Å². The molecule has 0 bridgehead atoms. The Hall–Kier alpha value is -0.390. The zero-order chi connectivity index (χ0) is 12.4. The molecule has 3 nitrogen and oxygen atoms in total. The number of hydrogen-bond acceptors (Lipinski definition) is 3. The molecule has 0 aromatic carbocycles. The molecule has 1 N–H and O–H groups in total. The van der Waals surface area contributed by atoms with Gasteiger partial charge in [0, 0.05) is 25.0 Å². The first-order valence-corrected chi connectivity index (χ1v) is 7.40. The molecule has 0 aliphatic heterocycles. The standard InChI is InChI=1S/C12H17BrN2OS/c1-15(2)12(16)7-14-9-4-3-5-10-8(9)6-11(13)17-10/h6,9,14H,3-5,7H2,1-2H3. The lowest BCUT2D eigenvalue weighted by Gasteiger charge is -2.24. The summed E-state index contributed by atoms with van der Waals surface area (Å²) in [5, 5.41) is 3.37. The molecule has 1 atom stereocenters. The summed E-state index contributed by atoms with van der Waals surface area (Å²) in [6, 6.07) is 2.53. The Labute approximate surface area is 114 Å². The number of amides is 1. The first kappa shape index (κ1) is 13.1. The largest absolute Gasteiger partial charge is 0.348 e. The fourth-order valence-corrected chi connectivity index (χ4v) is 3.92. The number of likely N-dealkylation sites (N-methyl/N-ethyl adjacent to an activating group) is 1. The van der Waals surface area contributed by atoms with Crippen molar-refractivity contribution >= 4 is 33.2 Å². The van der Waals surface area contributed by atoms with E-state index in [4.69, 9.17) is 0 Å². The van der Waals surface area contributed by atoms with Gasteiger partial charge >= 0.3 is 0 Å². The number of aryl methyl sites for hydroxylation is 1. The maximum Gasteiger partial charge on any atom is 0.236 e. The SMILES string of the molecule is CN(C)C(=O)CNC1CCCc2sc(Br)cc21. The molecule has 5 heteroatoms. The van der Waals surface area contributed by atoms with E-state index in [-0.39, 0.29) is 5.91 Å². The Kier molecular flexibility index (Phi) is 4.22. The van der Waals surface area contributed by atoms with Gasteiger partial charge in [0.25, 0.3) is 0 Å². The van der Waals surface area contributed by atoms with Gasteiger partial charge in [0.1, 0.15) is 0 Å². The van der Waals surface area contributed by atoms with Crippen LogP contribution >= 0.6 is 27.3 Å². The number of nitrogens with zero attached hydrogens (tertiary/aromatic N) is 1. The van der Waals surface area contributed by atoms with Crippen molar-refractivity contribution in [2.24, 2.45) is 0 Å². The third-order valence-corrected chi connectivity index (χ3v) is 4.80. The van der Waals surface area contributed by atoms with Crippen molar-refractivity contribution in [3.8, 4) is 0 Å². The summed E-state index contributed by atoms with van der Waals surface area (Å²) in [6.07, 6.45) is 3.50. The number of fused-ring (bicyclic) bond motifs is 1. The highest BCUT2D eigenvalue weighted by atomic mass is 79.9. The molecule has 1 heterocycles. The zero-order valence-electron chi connectivity index (χ0n) is 10.1. The number of halogens is 1. The minimum absolute atomic E-state index is 0.131. The smallest absolute Gasteiger partial charge is 0.236 e. The molecule has 0 saturated carbocycles. The fourth-order valence-electron chi connectivity index (χ4n) is 2.10. The zero-order valence-corrected chi connectivity index (χ0v) is 12.5. The van der Waals surface area contributed by atoms with Crippen LogP contribution in [0.3, 0.4) is 0 Å². The van der Waals surface area contributed by atoms with Gasteiger partial charge in [-0.25, -0.2) is 0 Å². The highest BCUT2D eigenvalue weighted by Gasteiger charge is 2.22. The Morgan fingerprint density at radius 1 is 1.65 bits per heavy atom. The number of carbonyl (C=O) groups excluding carboxylic acids is 1. The van der Waals surface area contributed by atoms with E-state index in [0.717, 1.165) is 6.42 Å². The molecule has 1 aliphatic rings. The van der Waals surface area contributed by atoms with E-state index >= 15 is 0 Å². The third-order valence-electron chi connectivity index (χ3n) is 3.08. The molecule has 0 fully saturated rings. The molecule has 0 saturated heterocycles. The molecular formula is C12H17BrN2OS. The second-order valence-corrected chi connectivity index (χ2v) is 7.06. The van der Waals surface area contributed by atoms with Crippen LogP contribution in [0.15, 0.2) is 9.85 Å². The molecule has 0 radical (unpaired) electrons. The van der Waals surface area contributed by atoms with Crippen molar-refractivity contribution in [1.82, 2.24) is 10.2 Å². The van der Waals surface area contributed by atoms with Gasteiger partial charge in [0.2, 0.25) is 5.91 Å². The molecule has 0 spiro atoms. The van der Waals surface area contributed by atoms with Crippen LogP contribution in [-0.4, -0.2) is 31.4 Å². The lowest BCUT2D eigenvalue weighted by atomic mass is 9.94. The fraction of sp³-hybridized carbons (Fsp3) is 0.583. The number of rotatable bonds is 3. The van der Waals surface area contributed by atoms with Crippen molar-refractivity contribution in [3.63, 3.8) is 0 Å². The van der Waals surface area contributed by atoms with Gasteiger partial charge in [-0.3, -0.25) is 4.79 Å². The van der Waals surface area contributed by atoms with Gasteiger partial charge in [-0.1, -0.05) is 0 Å². The summed E-state index contributed by atoms with van der Waals surface area (Å²) in [5.41, 5.74) is 1.37. The molecule has 2 rings (SSSR count). The molecule has 1 unspecified atom stereocenters. The first-order chi connectivity index (χ1) is 8.08. The number of hydrogen-bond donors (Lipinski definition) is 1. The van der Waals surface area contributed by atoms with Gasteiger partial charge < -0.3 is 10.2 Å². The summed E-state index contributed by atoms with van der Waals surface area (Å²) in [6.45, 7) is 0.421. The summed E-state index contributed by atoms with van der Waals surface area (Å²) >= 11 is 5.35. The van der Waals surface area contributed by atoms with Crippen molar-refractivity contribution in [1.29, 1.82) is 0 Å². The van der Waals surface area contributed by atoms with Gasteiger partial charge in [0.05, 0.1) is 10.3 Å². The minimum Gasteiger partial charge on any atom is -0.348 e. The lowest BCUT2D eigenvalue weighted by molar-refractivity contribution is -0.127. The molecule has 1 aromatic rings. The molecular weight excluding hydrogens is 300 g/mol. The highest BCUT2D eigenvalue weighted by molar-refractivity contribution is 9.11. The van der Waals surface area contributed by atoms with Gasteiger partial charge in [-0.15, -0.1) is 11.3 Å². The van der Waals surface area contributed by atoms with E-state index in [1.165, 1.54) is 27.1 Å². The van der Waals surface area contributed by atoms with Crippen LogP contribution < -0.4 is 5.32 Å². The van der Waals surface area contributed by atoms with E-state index in [1.807, 2.05) is 11.3 Å². The summed E-state index contributed by atoms with van der Waals surface area (Å²) < 4.78 is 1.19. The Bertz CT molecular complexity index is 417. The third kappa shape index (κ3) is 3.09. The monoisotopic (exact) mass is 316 g/mol. The minimum atomic E-state index is 0.131. The number of thiophene rings is 1. The van der Waals surface area contributed by atoms with Crippen molar-refractivity contribution in [3.05, 3.63) is 20.3 Å². The second-order valence-electron chi connectivity index (χ2n) is 4.54. The van der Waals surface area contributed by atoms with Crippen LogP contribution in [0.5, 0.6) is 0 Å². The Morgan fingerprint density at radius 3 is 3.12 bits per heavy atom. The van der Waals surface area contributed by atoms with E-state index in [2.05, 4.69) is 27.3 Å². The molecule has 1 aliphatic carbocycles. The van der Waals surface area contributed by atoms with Crippen LogP contribution in [0.2, 0.25) is 0 Å². The maximum absolute atomic E-state index is 11.6. The molecule has 1 aromatic heterocycles. The van der Waals surface area contributed by atoms with E-state index in [9.17, 15) is 4.79 Å². The topological polar surface area (TPSA) is 32.3 Å². The lowest BCUT2D eigenvalue weighted by Crippen LogP contribution is -2.35. The van der Waals surface area contributed by atoms with Gasteiger partial charge in [-0.05, 0) is 46.8 Å². The van der Waals surface area contributed by atoms with Crippen molar-refractivity contribution < 1.29 is 4.79 Å². The Morgan fingerprint density at radius 2 is 2.41 bits per heavy atom. The second kappa shape index (κ2) is 5.50. The van der Waals surface area contributed by atoms with Gasteiger partial charge in [-0.2, -0.15) is 0 Å². The van der Waals surface area contributed by atoms with Crippen LogP contribution in [-0.2, 0) is 11.2 Å². The average molecular weight is 317 g/mol. The summed E-state index contributed by atoms with van der Waals surface area (Å²) in [7, 11) is 3.58. The normalized spacial score (nSPS) is 18.9. The van der Waals surface area contributed by atoms with E-state index in [0.29, 0.717) is 12.6 Å². The Balaban J connectivity index is 2.01. The molecule has 1 amide bonds.